The van der Waals surface area contributed by atoms with Gasteiger partial charge in [0.25, 0.3) is 0 Å². The maximum atomic E-state index is 13.2. The van der Waals surface area contributed by atoms with Gasteiger partial charge in [0, 0.05) is 19.3 Å². The molecule has 0 aliphatic rings. The number of rotatable bonds is 113. The van der Waals surface area contributed by atoms with Gasteiger partial charge in [0.1, 0.15) is 25.4 Å². The highest BCUT2D eigenvalue weighted by molar-refractivity contribution is 7.47. The molecule has 0 bridgehead atoms. The Balaban J connectivity index is 4.57. The first-order chi connectivity index (χ1) is 69.2. The molecule has 0 saturated carbocycles. The normalized spacial score (nSPS) is 14.0. The molecule has 5 atom stereocenters. The van der Waals surface area contributed by atoms with Gasteiger partial charge in [-0.05, 0) is 154 Å². The number of phosphoric acid groups is 2. The molecule has 0 aromatic carbocycles. The highest BCUT2D eigenvalue weighted by Gasteiger charge is 2.30. The fraction of sp³-hybridized carbons (Fsp3) is 0.780. The van der Waals surface area contributed by atoms with Crippen LogP contribution in [0.25, 0.3) is 0 Å². The average Bonchev–Trinajstić information content (AvgIpc) is 0.899. The molecule has 0 spiro atoms. The summed E-state index contributed by atoms with van der Waals surface area (Å²) in [6.07, 6.45) is 149. The molecule has 141 heavy (non-hydrogen) atoms. The fourth-order valence-corrected chi connectivity index (χ4v) is 18.6. The minimum atomic E-state index is -4.95. The van der Waals surface area contributed by atoms with Crippen molar-refractivity contribution in [2.45, 2.75) is 578 Å². The average molecular weight is 2020 g/mol. The van der Waals surface area contributed by atoms with E-state index in [1.807, 2.05) is 0 Å². The molecular formula is C123H220O16P2. The van der Waals surface area contributed by atoms with Crippen LogP contribution in [0.15, 0.2) is 146 Å². The van der Waals surface area contributed by atoms with Crippen LogP contribution in [-0.4, -0.2) is 95.9 Å². The molecule has 0 aromatic rings. The zero-order chi connectivity index (χ0) is 102. The first-order valence-corrected chi connectivity index (χ1v) is 62.1. The minimum absolute atomic E-state index is 0.108. The first-order valence-electron chi connectivity index (χ1n) is 59.1. The van der Waals surface area contributed by atoms with Gasteiger partial charge in [-0.2, -0.15) is 0 Å². The van der Waals surface area contributed by atoms with Crippen molar-refractivity contribution in [3.05, 3.63) is 146 Å². The molecule has 0 saturated heterocycles. The Morgan fingerprint density at radius 3 is 0.560 bits per heavy atom. The van der Waals surface area contributed by atoms with Gasteiger partial charge in [0.2, 0.25) is 0 Å². The quantitative estimate of drug-likeness (QED) is 0.0146. The van der Waals surface area contributed by atoms with E-state index in [2.05, 4.69) is 167 Å². The van der Waals surface area contributed by atoms with Crippen molar-refractivity contribution >= 4 is 33.6 Å². The van der Waals surface area contributed by atoms with E-state index >= 15 is 0 Å². The van der Waals surface area contributed by atoms with Crippen molar-refractivity contribution in [1.82, 2.24) is 0 Å². The van der Waals surface area contributed by atoms with Crippen LogP contribution in [0.3, 0.4) is 0 Å². The molecule has 4 N–H and O–H groups in total. The van der Waals surface area contributed by atoms with Crippen LogP contribution in [0.4, 0.5) is 0 Å². The van der Waals surface area contributed by atoms with E-state index in [0.717, 1.165) is 122 Å². The van der Waals surface area contributed by atoms with Crippen molar-refractivity contribution in [2.75, 3.05) is 39.6 Å². The smallest absolute Gasteiger partial charge is 0.463 e. The second-order valence-electron chi connectivity index (χ2n) is 39.9. The van der Waals surface area contributed by atoms with Crippen LogP contribution < -0.4 is 0 Å². The minimum Gasteiger partial charge on any atom is -0.463 e. The summed E-state index contributed by atoms with van der Waals surface area (Å²) in [5, 5.41) is 20.9. The fourth-order valence-electron chi connectivity index (χ4n) is 17.1. The highest BCUT2D eigenvalue weighted by Crippen LogP contribution is 2.45. The van der Waals surface area contributed by atoms with Gasteiger partial charge in [-0.3, -0.25) is 32.5 Å². The summed E-state index contributed by atoms with van der Waals surface area (Å²) in [7, 11) is -9.82. The summed E-state index contributed by atoms with van der Waals surface area (Å²) < 4.78 is 62.0. The molecule has 0 rings (SSSR count). The van der Waals surface area contributed by atoms with Gasteiger partial charge in [0.05, 0.1) is 26.4 Å². The first kappa shape index (κ1) is 136. The Morgan fingerprint density at radius 1 is 0.199 bits per heavy atom. The Bertz CT molecular complexity index is 3150. The number of phosphoric ester groups is 2. The van der Waals surface area contributed by atoms with E-state index < -0.39 is 91.5 Å². The summed E-state index contributed by atoms with van der Waals surface area (Å²) in [6, 6.07) is 0. The lowest BCUT2D eigenvalue weighted by atomic mass is 10.0. The van der Waals surface area contributed by atoms with Crippen LogP contribution in [0.2, 0.25) is 0 Å². The van der Waals surface area contributed by atoms with E-state index in [9.17, 15) is 43.5 Å². The van der Waals surface area contributed by atoms with Crippen molar-refractivity contribution < 1.29 is 75.8 Å². The molecule has 0 amide bonds. The topological polar surface area (TPSA) is 231 Å². The third kappa shape index (κ3) is 116. The molecule has 5 unspecified atom stereocenters. The van der Waals surface area contributed by atoms with Gasteiger partial charge in [-0.1, -0.05) is 533 Å². The Hall–Kier alpha value is -4.57. The van der Waals surface area contributed by atoms with E-state index in [-0.39, 0.29) is 19.3 Å². The molecule has 16 nitrogen and oxygen atoms in total. The standard InChI is InChI=1S/C123H220O16P2/c1-4-7-10-13-16-19-22-25-28-31-34-37-40-43-46-49-52-55-58-61-64-67-70-73-76-79-82-85-88-91-94-97-100-103-106-109-121(126)133-112-118(124)113-135-140(129,130)136-114-119(125)115-137-141(131,132)138-117-120(139-123(128)111-108-105-102-99-96-93-90-87-84-81-78-75-72-69-66-63-60-57-54-51-48-45-42-39-36-33-30-27-24-21-18-15-12-9-6-3)116-134-122(127)110-107-104-101-98-95-92-89-86-83-80-77-74-71-68-65-62-59-56-53-50-47-44-41-38-35-32-29-26-23-20-17-14-11-8-5-2/h16-21,25-30,34-39,43-48,118-120,124-125H,4-15,22-24,31-33,40-42,49-117H2,1-3H3,(H,129,130)(H,131,132)/b19-16-,20-17-,21-18-,28-25-,29-26-,30-27-,37-34-,38-35-,39-36-,46-43-,47-44-,48-45-. The largest absolute Gasteiger partial charge is 0.472 e. The van der Waals surface area contributed by atoms with E-state index in [1.165, 1.54) is 379 Å². The summed E-state index contributed by atoms with van der Waals surface area (Å²) in [5.41, 5.74) is 0. The van der Waals surface area contributed by atoms with Crippen LogP contribution >= 0.6 is 15.6 Å². The third-order valence-electron chi connectivity index (χ3n) is 26.0. The maximum absolute atomic E-state index is 13.2. The van der Waals surface area contributed by atoms with Crippen molar-refractivity contribution in [1.29, 1.82) is 0 Å². The van der Waals surface area contributed by atoms with E-state index in [1.54, 1.807) is 0 Å². The van der Waals surface area contributed by atoms with Gasteiger partial charge in [-0.15, -0.1) is 0 Å². The third-order valence-corrected chi connectivity index (χ3v) is 27.9. The molecule has 818 valence electrons. The second kappa shape index (κ2) is 114. The van der Waals surface area contributed by atoms with E-state index in [0.29, 0.717) is 19.3 Å². The predicted octanol–water partition coefficient (Wildman–Crippen LogP) is 38.5. The van der Waals surface area contributed by atoms with Crippen molar-refractivity contribution in [3.63, 3.8) is 0 Å². The second-order valence-corrected chi connectivity index (χ2v) is 42.8. The number of allylic oxidation sites excluding steroid dienone is 24. The van der Waals surface area contributed by atoms with E-state index in [4.69, 9.17) is 32.3 Å². The number of carbonyl (C=O) groups is 3. The lowest BCUT2D eigenvalue weighted by molar-refractivity contribution is -0.161. The lowest BCUT2D eigenvalue weighted by Crippen LogP contribution is -2.30. The Kier molecular flexibility index (Phi) is 110. The maximum Gasteiger partial charge on any atom is 0.472 e. The van der Waals surface area contributed by atoms with Crippen LogP contribution in [0.1, 0.15) is 560 Å². The van der Waals surface area contributed by atoms with Crippen LogP contribution in [0, 0.1) is 0 Å². The summed E-state index contributed by atoms with van der Waals surface area (Å²) >= 11 is 0. The summed E-state index contributed by atoms with van der Waals surface area (Å²) in [5.74, 6) is -1.54. The molecule has 0 aromatic heterocycles. The number of ether oxygens (including phenoxy) is 3. The molecule has 0 aliphatic carbocycles. The molecule has 18 heteroatoms. The number of aliphatic hydroxyl groups is 2. The predicted molar refractivity (Wildman–Crippen MR) is 602 cm³/mol. The van der Waals surface area contributed by atoms with Crippen LogP contribution in [-0.2, 0) is 55.8 Å². The monoisotopic (exact) mass is 2020 g/mol. The molecule has 0 aliphatic heterocycles. The zero-order valence-electron chi connectivity index (χ0n) is 91.3. The summed E-state index contributed by atoms with van der Waals surface area (Å²) in [4.78, 5) is 59.4. The van der Waals surface area contributed by atoms with Gasteiger partial charge in [-0.25, -0.2) is 9.13 Å². The Morgan fingerprint density at radius 2 is 0.355 bits per heavy atom. The van der Waals surface area contributed by atoms with Crippen LogP contribution in [0.5, 0.6) is 0 Å². The lowest BCUT2D eigenvalue weighted by Gasteiger charge is -2.21. The Labute approximate surface area is 868 Å². The SMILES string of the molecule is CCCCC/C=C\C/C=C\C/C=C\C/C=C\CCCCCCCCCCCCCCCCCCCCCC(=O)OCC(O)COP(=O)(O)OCC(O)COP(=O)(O)OCC(COC(=O)CCCCCCCCCCCCCCCCCCCCC/C=C\C/C=C\C/C=C\C/C=C\CCCCC)OC(=O)CCCCCCCCCCCCCCCCCCCCC/C=C\C/C=C\C/C=C\C/C=C\CCCCC. The highest BCUT2D eigenvalue weighted by atomic mass is 31.2. The number of hydrogen-bond donors (Lipinski definition) is 4. The number of esters is 3. The number of hydrogen-bond acceptors (Lipinski definition) is 14. The number of unbranched alkanes of at least 4 members (excludes halogenated alkanes) is 66. The van der Waals surface area contributed by atoms with Crippen molar-refractivity contribution in [2.24, 2.45) is 0 Å². The van der Waals surface area contributed by atoms with Gasteiger partial charge < -0.3 is 34.2 Å². The molecular weight excluding hydrogens is 1800 g/mol. The number of carbonyl (C=O) groups excluding carboxylic acids is 3. The van der Waals surface area contributed by atoms with Gasteiger partial charge >= 0.3 is 33.6 Å². The number of aliphatic hydroxyl groups excluding tert-OH is 2. The van der Waals surface area contributed by atoms with Gasteiger partial charge in [0.15, 0.2) is 6.10 Å². The van der Waals surface area contributed by atoms with Crippen molar-refractivity contribution in [3.8, 4) is 0 Å². The summed E-state index contributed by atoms with van der Waals surface area (Å²) in [6.45, 7) is 2.73. The zero-order valence-corrected chi connectivity index (χ0v) is 93.1. The molecule has 0 heterocycles. The molecule has 0 fully saturated rings. The molecule has 0 radical (unpaired) electrons.